The van der Waals surface area contributed by atoms with Crippen LogP contribution >= 0.6 is 0 Å². The minimum absolute atomic E-state index is 0.411. The summed E-state index contributed by atoms with van der Waals surface area (Å²) in [5.74, 6) is 1.24. The van der Waals surface area contributed by atoms with Crippen LogP contribution in [0.3, 0.4) is 0 Å². The Balaban J connectivity index is 3.07. The van der Waals surface area contributed by atoms with Crippen LogP contribution in [0.25, 0.3) is 0 Å². The molecule has 0 bridgehead atoms. The molecule has 0 radical (unpaired) electrons. The van der Waals surface area contributed by atoms with E-state index in [2.05, 4.69) is 0 Å². The summed E-state index contributed by atoms with van der Waals surface area (Å²) < 4.78 is 15.9. The minimum Gasteiger partial charge on any atom is -0.496 e. The molecular weight excluding hydrogens is 232 g/mol. The van der Waals surface area contributed by atoms with Crippen molar-refractivity contribution >= 4 is 0 Å². The number of hydrogen-bond acceptors (Lipinski definition) is 4. The van der Waals surface area contributed by atoms with Gasteiger partial charge in [0.05, 0.1) is 31.5 Å². The van der Waals surface area contributed by atoms with Crippen LogP contribution in [-0.4, -0.2) is 32.0 Å². The molecule has 18 heavy (non-hydrogen) atoms. The van der Waals surface area contributed by atoms with E-state index in [9.17, 15) is 5.11 Å². The first-order valence-corrected chi connectivity index (χ1v) is 5.89. The topological polar surface area (TPSA) is 47.9 Å². The summed E-state index contributed by atoms with van der Waals surface area (Å²) in [6, 6.07) is 5.44. The van der Waals surface area contributed by atoms with Crippen molar-refractivity contribution in [2.75, 3.05) is 21.3 Å². The quantitative estimate of drug-likeness (QED) is 0.847. The molecule has 0 saturated carbocycles. The zero-order chi connectivity index (χ0) is 13.8. The molecule has 0 saturated heterocycles. The Morgan fingerprint density at radius 3 is 2.00 bits per heavy atom. The van der Waals surface area contributed by atoms with E-state index in [-0.39, 0.29) is 0 Å². The summed E-state index contributed by atoms with van der Waals surface area (Å²) in [7, 11) is 4.78. The predicted molar refractivity (Wildman–Crippen MR) is 70.2 cm³/mol. The number of hydrogen-bond donors (Lipinski definition) is 1. The molecule has 1 rings (SSSR count). The predicted octanol–water partition coefficient (Wildman–Crippen LogP) is 2.55. The third-order valence-corrected chi connectivity index (χ3v) is 3.04. The van der Waals surface area contributed by atoms with Gasteiger partial charge in [0.25, 0.3) is 0 Å². The van der Waals surface area contributed by atoms with Crippen LogP contribution in [0, 0.1) is 0 Å². The van der Waals surface area contributed by atoms with Crippen molar-refractivity contribution < 1.29 is 19.3 Å². The molecule has 0 amide bonds. The third-order valence-electron chi connectivity index (χ3n) is 3.04. The monoisotopic (exact) mass is 254 g/mol. The van der Waals surface area contributed by atoms with Gasteiger partial charge in [-0.25, -0.2) is 0 Å². The molecule has 0 aliphatic rings. The maximum Gasteiger partial charge on any atom is 0.128 e. The number of rotatable bonds is 6. The van der Waals surface area contributed by atoms with E-state index in [1.807, 2.05) is 19.9 Å². The Morgan fingerprint density at radius 2 is 1.61 bits per heavy atom. The Hall–Kier alpha value is -1.26. The summed E-state index contributed by atoms with van der Waals surface area (Å²) >= 11 is 0. The lowest BCUT2D eigenvalue weighted by atomic mass is 9.94. The van der Waals surface area contributed by atoms with Crippen LogP contribution in [0.2, 0.25) is 0 Å². The van der Waals surface area contributed by atoms with Crippen molar-refractivity contribution in [3.8, 4) is 11.5 Å². The average molecular weight is 254 g/mol. The van der Waals surface area contributed by atoms with Crippen LogP contribution in [0.5, 0.6) is 11.5 Å². The summed E-state index contributed by atoms with van der Waals surface area (Å²) in [4.78, 5) is 0. The molecule has 1 atom stereocenters. The van der Waals surface area contributed by atoms with Gasteiger partial charge in [0.2, 0.25) is 0 Å². The van der Waals surface area contributed by atoms with Crippen molar-refractivity contribution in [2.24, 2.45) is 0 Å². The van der Waals surface area contributed by atoms with Gasteiger partial charge in [-0.1, -0.05) is 6.07 Å². The van der Waals surface area contributed by atoms with Gasteiger partial charge >= 0.3 is 0 Å². The smallest absolute Gasteiger partial charge is 0.128 e. The molecule has 0 spiro atoms. The van der Waals surface area contributed by atoms with Crippen LogP contribution < -0.4 is 9.47 Å². The molecule has 0 aliphatic carbocycles. The molecular formula is C14H22O4. The van der Waals surface area contributed by atoms with E-state index in [4.69, 9.17) is 14.2 Å². The number of aliphatic hydroxyl groups is 1. The molecule has 0 aromatic heterocycles. The molecule has 1 unspecified atom stereocenters. The van der Waals surface area contributed by atoms with Gasteiger partial charge in [-0.15, -0.1) is 0 Å². The zero-order valence-electron chi connectivity index (χ0n) is 11.7. The largest absolute Gasteiger partial charge is 0.496 e. The van der Waals surface area contributed by atoms with E-state index in [0.29, 0.717) is 23.5 Å². The first-order chi connectivity index (χ1) is 8.45. The fourth-order valence-corrected chi connectivity index (χ4v) is 1.86. The average Bonchev–Trinajstić information content (AvgIpc) is 2.37. The van der Waals surface area contributed by atoms with Gasteiger partial charge in [-0.3, -0.25) is 0 Å². The van der Waals surface area contributed by atoms with Crippen molar-refractivity contribution in [1.82, 2.24) is 0 Å². The standard InChI is InChI=1S/C14H22O4/c1-14(2,18-5)9-10(15)13-11(16-3)7-6-8-12(13)17-4/h6-8,10,15H,9H2,1-5H3. The molecule has 4 heteroatoms. The lowest BCUT2D eigenvalue weighted by molar-refractivity contribution is -0.0209. The van der Waals surface area contributed by atoms with Gasteiger partial charge in [0, 0.05) is 13.5 Å². The van der Waals surface area contributed by atoms with E-state index < -0.39 is 11.7 Å². The molecule has 1 aromatic carbocycles. The summed E-state index contributed by atoms with van der Waals surface area (Å²) in [6.07, 6.45) is -0.244. The van der Waals surface area contributed by atoms with Crippen molar-refractivity contribution in [1.29, 1.82) is 0 Å². The fourth-order valence-electron chi connectivity index (χ4n) is 1.86. The normalized spacial score (nSPS) is 13.2. The third kappa shape index (κ3) is 3.37. The molecule has 4 nitrogen and oxygen atoms in total. The number of methoxy groups -OCH3 is 3. The SMILES string of the molecule is COc1cccc(OC)c1C(O)CC(C)(C)OC. The van der Waals surface area contributed by atoms with E-state index in [1.54, 1.807) is 33.5 Å². The van der Waals surface area contributed by atoms with Crippen molar-refractivity contribution in [2.45, 2.75) is 32.0 Å². The number of ether oxygens (including phenoxy) is 3. The highest BCUT2D eigenvalue weighted by molar-refractivity contribution is 5.46. The Kier molecular flexibility index (Phi) is 4.99. The second-order valence-corrected chi connectivity index (χ2v) is 4.76. The summed E-state index contributed by atoms with van der Waals surface area (Å²) in [5, 5.41) is 10.4. The van der Waals surface area contributed by atoms with Crippen LogP contribution in [0.4, 0.5) is 0 Å². The second-order valence-electron chi connectivity index (χ2n) is 4.76. The first-order valence-electron chi connectivity index (χ1n) is 5.89. The van der Waals surface area contributed by atoms with Gasteiger partial charge in [0.15, 0.2) is 0 Å². The van der Waals surface area contributed by atoms with Crippen LogP contribution in [0.15, 0.2) is 18.2 Å². The van der Waals surface area contributed by atoms with E-state index >= 15 is 0 Å². The lowest BCUT2D eigenvalue weighted by Crippen LogP contribution is -2.25. The summed E-state index contributed by atoms with van der Waals surface area (Å²) in [5.41, 5.74) is 0.248. The van der Waals surface area contributed by atoms with E-state index in [1.165, 1.54) is 0 Å². The van der Waals surface area contributed by atoms with Crippen molar-refractivity contribution in [3.05, 3.63) is 23.8 Å². The minimum atomic E-state index is -0.703. The molecule has 0 fully saturated rings. The van der Waals surface area contributed by atoms with Gasteiger partial charge in [-0.2, -0.15) is 0 Å². The van der Waals surface area contributed by atoms with Crippen molar-refractivity contribution in [3.63, 3.8) is 0 Å². The van der Waals surface area contributed by atoms with Gasteiger partial charge in [-0.05, 0) is 26.0 Å². The number of benzene rings is 1. The van der Waals surface area contributed by atoms with Crippen LogP contribution in [-0.2, 0) is 4.74 Å². The molecule has 1 N–H and O–H groups in total. The molecule has 102 valence electrons. The highest BCUT2D eigenvalue weighted by atomic mass is 16.5. The maximum atomic E-state index is 10.4. The Bertz CT molecular complexity index is 365. The number of aliphatic hydroxyl groups excluding tert-OH is 1. The Labute approximate surface area is 108 Å². The summed E-state index contributed by atoms with van der Waals surface area (Å²) in [6.45, 7) is 3.86. The second kappa shape index (κ2) is 6.07. The fraction of sp³-hybridized carbons (Fsp3) is 0.571. The highest BCUT2D eigenvalue weighted by Gasteiger charge is 2.26. The molecule has 1 aromatic rings. The maximum absolute atomic E-state index is 10.4. The Morgan fingerprint density at radius 1 is 1.11 bits per heavy atom. The lowest BCUT2D eigenvalue weighted by Gasteiger charge is -2.27. The molecule has 0 heterocycles. The molecule has 0 aliphatic heterocycles. The van der Waals surface area contributed by atoms with Gasteiger partial charge < -0.3 is 19.3 Å². The highest BCUT2D eigenvalue weighted by Crippen LogP contribution is 2.37. The van der Waals surface area contributed by atoms with Crippen LogP contribution in [0.1, 0.15) is 31.9 Å². The first kappa shape index (κ1) is 14.8. The van der Waals surface area contributed by atoms with E-state index in [0.717, 1.165) is 0 Å². The zero-order valence-corrected chi connectivity index (χ0v) is 11.7. The van der Waals surface area contributed by atoms with Gasteiger partial charge in [0.1, 0.15) is 11.5 Å².